The van der Waals surface area contributed by atoms with Crippen molar-refractivity contribution in [3.63, 3.8) is 0 Å². The van der Waals surface area contributed by atoms with Crippen LogP contribution in [0.5, 0.6) is 0 Å². The molecule has 1 aromatic carbocycles. The van der Waals surface area contributed by atoms with Gasteiger partial charge in [-0.2, -0.15) is 0 Å². The smallest absolute Gasteiger partial charge is 0.131 e. The Morgan fingerprint density at radius 1 is 1.21 bits per heavy atom. The minimum absolute atomic E-state index is 0.0757. The maximum atomic E-state index is 13.0. The molecule has 0 aliphatic carbocycles. The van der Waals surface area contributed by atoms with Gasteiger partial charge in [0, 0.05) is 38.6 Å². The molecule has 0 amide bonds. The van der Waals surface area contributed by atoms with Crippen LogP contribution in [0.4, 0.5) is 4.39 Å². The summed E-state index contributed by atoms with van der Waals surface area (Å²) in [6.07, 6.45) is 0.495. The molecular formula is C15H21FN2O. The summed E-state index contributed by atoms with van der Waals surface area (Å²) in [5, 5.41) is 0. The third-order valence-electron chi connectivity index (χ3n) is 3.71. The van der Waals surface area contributed by atoms with Crippen molar-refractivity contribution < 1.29 is 9.18 Å². The van der Waals surface area contributed by atoms with E-state index in [-0.39, 0.29) is 17.6 Å². The molecule has 1 unspecified atom stereocenters. The topological polar surface area (TPSA) is 23.6 Å². The highest BCUT2D eigenvalue weighted by Crippen LogP contribution is 2.26. The second kappa shape index (κ2) is 6.26. The maximum Gasteiger partial charge on any atom is 0.131 e. The number of likely N-dealkylation sites (N-methyl/N-ethyl adjacent to an activating group) is 1. The minimum Gasteiger partial charge on any atom is -0.304 e. The number of nitrogens with zero attached hydrogens (tertiary/aromatic N) is 2. The van der Waals surface area contributed by atoms with Crippen LogP contribution < -0.4 is 0 Å². The average molecular weight is 264 g/mol. The molecule has 3 nitrogen and oxygen atoms in total. The Morgan fingerprint density at radius 3 is 2.32 bits per heavy atom. The Balaban J connectivity index is 2.15. The Bertz CT molecular complexity index is 424. The lowest BCUT2D eigenvalue weighted by molar-refractivity contribution is -0.118. The van der Waals surface area contributed by atoms with Crippen molar-refractivity contribution in [2.75, 3.05) is 33.2 Å². The fourth-order valence-corrected chi connectivity index (χ4v) is 2.55. The molecule has 2 rings (SSSR count). The summed E-state index contributed by atoms with van der Waals surface area (Å²) in [6.45, 7) is 5.54. The summed E-state index contributed by atoms with van der Waals surface area (Å²) in [5.41, 5.74) is 1.03. The number of hydrogen-bond donors (Lipinski definition) is 0. The molecule has 0 aromatic heterocycles. The quantitative estimate of drug-likeness (QED) is 0.832. The highest BCUT2D eigenvalue weighted by molar-refractivity contribution is 5.76. The van der Waals surface area contributed by atoms with Gasteiger partial charge in [0.2, 0.25) is 0 Å². The first-order valence-corrected chi connectivity index (χ1v) is 6.74. The number of halogens is 1. The first kappa shape index (κ1) is 14.2. The largest absolute Gasteiger partial charge is 0.304 e. The highest BCUT2D eigenvalue weighted by Gasteiger charge is 2.24. The molecule has 0 radical (unpaired) electrons. The third-order valence-corrected chi connectivity index (χ3v) is 3.71. The van der Waals surface area contributed by atoms with E-state index in [2.05, 4.69) is 16.8 Å². The number of hydrogen-bond acceptors (Lipinski definition) is 3. The van der Waals surface area contributed by atoms with Crippen LogP contribution >= 0.6 is 0 Å². The lowest BCUT2D eigenvalue weighted by Crippen LogP contribution is -2.46. The number of carbonyl (C=O) groups excluding carboxylic acids is 1. The number of carbonyl (C=O) groups is 1. The van der Waals surface area contributed by atoms with Crippen LogP contribution in [-0.2, 0) is 4.79 Å². The third kappa shape index (κ3) is 3.85. The van der Waals surface area contributed by atoms with Crippen LogP contribution in [0, 0.1) is 5.82 Å². The van der Waals surface area contributed by atoms with Gasteiger partial charge in [0.15, 0.2) is 0 Å². The molecule has 1 saturated heterocycles. The molecule has 1 fully saturated rings. The van der Waals surface area contributed by atoms with Crippen molar-refractivity contribution in [2.24, 2.45) is 0 Å². The van der Waals surface area contributed by atoms with Gasteiger partial charge in [-0.25, -0.2) is 4.39 Å². The van der Waals surface area contributed by atoms with Gasteiger partial charge in [-0.1, -0.05) is 12.1 Å². The zero-order valence-corrected chi connectivity index (χ0v) is 11.6. The molecule has 0 bridgehead atoms. The van der Waals surface area contributed by atoms with E-state index in [9.17, 15) is 9.18 Å². The van der Waals surface area contributed by atoms with Gasteiger partial charge in [-0.3, -0.25) is 9.69 Å². The highest BCUT2D eigenvalue weighted by atomic mass is 19.1. The molecule has 1 atom stereocenters. The number of rotatable bonds is 4. The van der Waals surface area contributed by atoms with E-state index in [1.165, 1.54) is 12.1 Å². The van der Waals surface area contributed by atoms with Gasteiger partial charge in [0.25, 0.3) is 0 Å². The molecule has 1 aromatic rings. The van der Waals surface area contributed by atoms with E-state index < -0.39 is 0 Å². The maximum absolute atomic E-state index is 13.0. The van der Waals surface area contributed by atoms with E-state index in [1.54, 1.807) is 19.1 Å². The van der Waals surface area contributed by atoms with Crippen LogP contribution in [0.25, 0.3) is 0 Å². The number of ketones is 1. The van der Waals surface area contributed by atoms with Gasteiger partial charge in [0.05, 0.1) is 0 Å². The molecule has 104 valence electrons. The molecule has 0 spiro atoms. The van der Waals surface area contributed by atoms with Gasteiger partial charge in [-0.15, -0.1) is 0 Å². The Hall–Kier alpha value is -1.26. The molecule has 0 saturated carbocycles. The van der Waals surface area contributed by atoms with Gasteiger partial charge >= 0.3 is 0 Å². The van der Waals surface area contributed by atoms with E-state index in [0.717, 1.165) is 31.7 Å². The zero-order chi connectivity index (χ0) is 13.8. The van der Waals surface area contributed by atoms with Crippen molar-refractivity contribution in [3.05, 3.63) is 35.6 Å². The monoisotopic (exact) mass is 264 g/mol. The fourth-order valence-electron chi connectivity index (χ4n) is 2.55. The summed E-state index contributed by atoms with van der Waals surface area (Å²) in [7, 11) is 2.11. The second-order valence-corrected chi connectivity index (χ2v) is 5.31. The summed E-state index contributed by atoms with van der Waals surface area (Å²) < 4.78 is 13.0. The molecular weight excluding hydrogens is 243 g/mol. The van der Waals surface area contributed by atoms with Gasteiger partial charge in [0.1, 0.15) is 11.6 Å². The molecule has 1 aliphatic heterocycles. The molecule has 19 heavy (non-hydrogen) atoms. The Morgan fingerprint density at radius 2 is 1.79 bits per heavy atom. The fraction of sp³-hybridized carbons (Fsp3) is 0.533. The van der Waals surface area contributed by atoms with Crippen molar-refractivity contribution >= 4 is 5.78 Å². The van der Waals surface area contributed by atoms with Crippen LogP contribution in [-0.4, -0.2) is 48.8 Å². The predicted molar refractivity (Wildman–Crippen MR) is 73.5 cm³/mol. The van der Waals surface area contributed by atoms with Crippen molar-refractivity contribution in [2.45, 2.75) is 19.4 Å². The molecule has 0 N–H and O–H groups in total. The lowest BCUT2D eigenvalue weighted by Gasteiger charge is -2.38. The average Bonchev–Trinajstić information content (AvgIpc) is 2.38. The van der Waals surface area contributed by atoms with E-state index >= 15 is 0 Å². The molecule has 1 heterocycles. The summed E-state index contributed by atoms with van der Waals surface area (Å²) in [5.74, 6) is -0.0584. The number of benzene rings is 1. The second-order valence-electron chi connectivity index (χ2n) is 5.31. The Labute approximate surface area is 114 Å². The molecule has 1 aliphatic rings. The van der Waals surface area contributed by atoms with Crippen LogP contribution in [0.3, 0.4) is 0 Å². The number of Topliss-reactive ketones (excluding diaryl/α,β-unsaturated/α-hetero) is 1. The van der Waals surface area contributed by atoms with Crippen molar-refractivity contribution in [1.29, 1.82) is 0 Å². The van der Waals surface area contributed by atoms with Gasteiger partial charge < -0.3 is 4.90 Å². The summed E-state index contributed by atoms with van der Waals surface area (Å²) in [6, 6.07) is 6.60. The van der Waals surface area contributed by atoms with E-state index in [0.29, 0.717) is 6.42 Å². The first-order valence-electron chi connectivity index (χ1n) is 6.74. The van der Waals surface area contributed by atoms with Crippen LogP contribution in [0.1, 0.15) is 24.9 Å². The van der Waals surface area contributed by atoms with Gasteiger partial charge in [-0.05, 0) is 31.7 Å². The zero-order valence-electron chi connectivity index (χ0n) is 11.6. The van der Waals surface area contributed by atoms with E-state index in [4.69, 9.17) is 0 Å². The van der Waals surface area contributed by atoms with E-state index in [1.807, 2.05) is 0 Å². The summed E-state index contributed by atoms with van der Waals surface area (Å²) >= 11 is 0. The minimum atomic E-state index is -0.233. The van der Waals surface area contributed by atoms with Crippen molar-refractivity contribution in [3.8, 4) is 0 Å². The Kier molecular flexibility index (Phi) is 4.66. The SMILES string of the molecule is CC(=O)CC(c1ccc(F)cc1)N1CCN(C)CC1. The predicted octanol–water partition coefficient (Wildman–Crippen LogP) is 2.09. The first-order chi connectivity index (χ1) is 9.06. The summed E-state index contributed by atoms with van der Waals surface area (Å²) in [4.78, 5) is 16.1. The number of piperazine rings is 1. The molecule has 4 heteroatoms. The normalized spacial score (nSPS) is 19.3. The van der Waals surface area contributed by atoms with Crippen molar-refractivity contribution in [1.82, 2.24) is 9.80 Å². The lowest BCUT2D eigenvalue weighted by atomic mass is 9.99. The van der Waals surface area contributed by atoms with Crippen LogP contribution in [0.15, 0.2) is 24.3 Å². The van der Waals surface area contributed by atoms with Crippen LogP contribution in [0.2, 0.25) is 0 Å². The standard InChI is InChI=1S/C15H21FN2O/c1-12(19)11-15(13-3-5-14(16)6-4-13)18-9-7-17(2)8-10-18/h3-6,15H,7-11H2,1-2H3.